The fraction of sp³-hybridized carbons (Fsp3) is 0.526. The molecule has 25 heavy (non-hydrogen) atoms. The van der Waals surface area contributed by atoms with Crippen molar-refractivity contribution in [2.45, 2.75) is 50.4 Å². The number of carbonyl (C=O) groups excluding carboxylic acids is 1. The minimum Gasteiger partial charge on any atom is -0.446 e. The Bertz CT molecular complexity index is 761. The van der Waals surface area contributed by atoms with E-state index in [1.807, 2.05) is 22.2 Å². The van der Waals surface area contributed by atoms with Gasteiger partial charge in [-0.25, -0.2) is 4.79 Å². The first-order valence-corrected chi connectivity index (χ1v) is 10.8. The van der Waals surface area contributed by atoms with Crippen molar-refractivity contribution in [3.8, 4) is 0 Å². The van der Waals surface area contributed by atoms with E-state index in [0.29, 0.717) is 18.0 Å². The summed E-state index contributed by atoms with van der Waals surface area (Å²) in [5.41, 5.74) is 2.54. The van der Waals surface area contributed by atoms with Gasteiger partial charge in [0, 0.05) is 29.3 Å². The number of carbonyl (C=O) groups is 1. The second-order valence-electron chi connectivity index (χ2n) is 7.61. The molecule has 1 saturated heterocycles. The molecular formula is C19H22N2O2S2. The molecule has 2 saturated carbocycles. The molecule has 0 radical (unpaired) electrons. The number of anilines is 1. The van der Waals surface area contributed by atoms with Gasteiger partial charge in [-0.2, -0.15) is 22.7 Å². The summed E-state index contributed by atoms with van der Waals surface area (Å²) >= 11 is 3.27. The normalized spacial score (nSPS) is 33.1. The molecule has 0 N–H and O–H groups in total. The Hall–Kier alpha value is -1.37. The summed E-state index contributed by atoms with van der Waals surface area (Å²) in [6.45, 7) is 0.572. The molecule has 1 spiro atoms. The summed E-state index contributed by atoms with van der Waals surface area (Å²) < 4.78 is 5.99. The Balaban J connectivity index is 1.30. The van der Waals surface area contributed by atoms with Crippen LogP contribution in [0.2, 0.25) is 0 Å². The summed E-state index contributed by atoms with van der Waals surface area (Å²) in [5, 5.41) is 8.16. The lowest BCUT2D eigenvalue weighted by Gasteiger charge is -2.67. The molecular weight excluding hydrogens is 352 g/mol. The lowest BCUT2D eigenvalue weighted by molar-refractivity contribution is -0.174. The van der Waals surface area contributed by atoms with Crippen LogP contribution in [0.1, 0.15) is 31.2 Å². The number of ether oxygens (including phenoxy) is 1. The first-order chi connectivity index (χ1) is 12.2. The molecule has 132 valence electrons. The van der Waals surface area contributed by atoms with Crippen molar-refractivity contribution >= 4 is 34.5 Å². The molecule has 4 atom stereocenters. The Morgan fingerprint density at radius 2 is 2.16 bits per heavy atom. The van der Waals surface area contributed by atoms with E-state index in [1.54, 1.807) is 27.6 Å². The minimum absolute atomic E-state index is 0.0638. The van der Waals surface area contributed by atoms with Gasteiger partial charge in [0.15, 0.2) is 0 Å². The predicted molar refractivity (Wildman–Crippen MR) is 101 cm³/mol. The molecule has 4 unspecified atom stereocenters. The maximum atomic E-state index is 12.9. The fourth-order valence-electron chi connectivity index (χ4n) is 5.25. The van der Waals surface area contributed by atoms with Crippen molar-refractivity contribution in [2.75, 3.05) is 11.9 Å². The zero-order valence-electron chi connectivity index (χ0n) is 14.3. The average molecular weight is 375 g/mol. The highest BCUT2D eigenvalue weighted by Gasteiger charge is 2.68. The highest BCUT2D eigenvalue weighted by atomic mass is 32.1. The number of rotatable bonds is 4. The van der Waals surface area contributed by atoms with Crippen molar-refractivity contribution < 1.29 is 9.53 Å². The summed E-state index contributed by atoms with van der Waals surface area (Å²) in [4.78, 5) is 17.2. The summed E-state index contributed by atoms with van der Waals surface area (Å²) in [7, 11) is 2.23. The smallest absolute Gasteiger partial charge is 0.414 e. The first kappa shape index (κ1) is 15.9. The molecule has 3 aliphatic rings. The van der Waals surface area contributed by atoms with Gasteiger partial charge >= 0.3 is 6.09 Å². The van der Waals surface area contributed by atoms with Crippen LogP contribution in [0.15, 0.2) is 33.7 Å². The van der Waals surface area contributed by atoms with E-state index in [0.717, 1.165) is 30.1 Å². The maximum absolute atomic E-state index is 12.9. The van der Waals surface area contributed by atoms with Crippen LogP contribution >= 0.6 is 22.7 Å². The van der Waals surface area contributed by atoms with Crippen LogP contribution in [0.4, 0.5) is 10.5 Å². The van der Waals surface area contributed by atoms with Gasteiger partial charge in [-0.05, 0) is 60.1 Å². The third-order valence-electron chi connectivity index (χ3n) is 6.51. The second kappa shape index (κ2) is 5.83. The molecule has 2 aromatic rings. The standard InChI is InChI=1S/C19H22N2O2S2/c1-20-16-2-5-19(16)9-15(8-17(19)20)23-18(22)21(14-4-7-25-12-14)10-13-3-6-24-11-13/h3-4,6-7,11-12,15-17H,2,5,8-10H2,1H3. The first-order valence-electron chi connectivity index (χ1n) is 8.91. The van der Waals surface area contributed by atoms with Crippen molar-refractivity contribution in [1.82, 2.24) is 4.90 Å². The van der Waals surface area contributed by atoms with Gasteiger partial charge in [0.05, 0.1) is 12.2 Å². The van der Waals surface area contributed by atoms with E-state index in [4.69, 9.17) is 4.74 Å². The van der Waals surface area contributed by atoms with Crippen LogP contribution in [0.3, 0.4) is 0 Å². The van der Waals surface area contributed by atoms with Gasteiger partial charge in [-0.1, -0.05) is 0 Å². The van der Waals surface area contributed by atoms with Gasteiger partial charge in [-0.3, -0.25) is 9.80 Å². The summed E-state index contributed by atoms with van der Waals surface area (Å²) in [6.07, 6.45) is 4.53. The fourth-order valence-corrected chi connectivity index (χ4v) is 6.55. The second-order valence-corrected chi connectivity index (χ2v) is 9.17. The molecule has 0 aromatic carbocycles. The SMILES string of the molecule is CN1C2CCC23CC(OC(=O)N(Cc2ccsc2)c2ccsc2)CC13. The molecule has 3 heterocycles. The van der Waals surface area contributed by atoms with Gasteiger partial charge in [0.1, 0.15) is 6.10 Å². The van der Waals surface area contributed by atoms with E-state index in [2.05, 4.69) is 23.4 Å². The Labute approximate surface area is 156 Å². The van der Waals surface area contributed by atoms with Crippen molar-refractivity contribution in [3.05, 3.63) is 39.2 Å². The maximum Gasteiger partial charge on any atom is 0.414 e. The van der Waals surface area contributed by atoms with Crippen molar-refractivity contribution in [1.29, 1.82) is 0 Å². The van der Waals surface area contributed by atoms with E-state index in [-0.39, 0.29) is 12.2 Å². The van der Waals surface area contributed by atoms with E-state index >= 15 is 0 Å². The van der Waals surface area contributed by atoms with Crippen LogP contribution in [-0.2, 0) is 11.3 Å². The highest BCUT2D eigenvalue weighted by molar-refractivity contribution is 7.08. The zero-order valence-corrected chi connectivity index (χ0v) is 15.9. The van der Waals surface area contributed by atoms with E-state index in [1.165, 1.54) is 12.8 Å². The number of nitrogens with zero attached hydrogens (tertiary/aromatic N) is 2. The molecule has 5 rings (SSSR count). The summed E-state index contributed by atoms with van der Waals surface area (Å²) in [5.74, 6) is 0. The van der Waals surface area contributed by atoms with Gasteiger partial charge < -0.3 is 4.74 Å². The van der Waals surface area contributed by atoms with Gasteiger partial charge in [0.2, 0.25) is 0 Å². The van der Waals surface area contributed by atoms with Crippen LogP contribution in [0, 0.1) is 5.41 Å². The quantitative estimate of drug-likeness (QED) is 0.785. The number of likely N-dealkylation sites (tertiary alicyclic amines) is 1. The third-order valence-corrected chi connectivity index (χ3v) is 7.92. The number of hydrogen-bond acceptors (Lipinski definition) is 5. The van der Waals surface area contributed by atoms with Crippen LogP contribution in [0.25, 0.3) is 0 Å². The van der Waals surface area contributed by atoms with E-state index < -0.39 is 0 Å². The van der Waals surface area contributed by atoms with Crippen LogP contribution in [0.5, 0.6) is 0 Å². The molecule has 2 aromatic heterocycles. The average Bonchev–Trinajstić information content (AvgIpc) is 3.32. The monoisotopic (exact) mass is 374 g/mol. The van der Waals surface area contributed by atoms with Crippen LogP contribution < -0.4 is 4.90 Å². The molecule has 4 nitrogen and oxygen atoms in total. The van der Waals surface area contributed by atoms with Gasteiger partial charge in [-0.15, -0.1) is 0 Å². The van der Waals surface area contributed by atoms with Crippen molar-refractivity contribution in [3.63, 3.8) is 0 Å². The third kappa shape index (κ3) is 2.38. The number of hydrogen-bond donors (Lipinski definition) is 0. The molecule has 3 fully saturated rings. The molecule has 6 heteroatoms. The number of amides is 1. The minimum atomic E-state index is -0.203. The highest BCUT2D eigenvalue weighted by Crippen LogP contribution is 2.64. The lowest BCUT2D eigenvalue weighted by atomic mass is 9.54. The molecule has 1 aliphatic heterocycles. The predicted octanol–water partition coefficient (Wildman–Crippen LogP) is 4.58. The molecule has 2 aliphatic carbocycles. The van der Waals surface area contributed by atoms with Crippen molar-refractivity contribution in [2.24, 2.45) is 5.41 Å². The Morgan fingerprint density at radius 3 is 2.80 bits per heavy atom. The Morgan fingerprint density at radius 1 is 1.32 bits per heavy atom. The Kier molecular flexibility index (Phi) is 3.69. The van der Waals surface area contributed by atoms with E-state index in [9.17, 15) is 4.79 Å². The molecule has 1 amide bonds. The van der Waals surface area contributed by atoms with Crippen LogP contribution in [-0.4, -0.2) is 36.2 Å². The molecule has 0 bridgehead atoms. The largest absolute Gasteiger partial charge is 0.446 e. The topological polar surface area (TPSA) is 32.8 Å². The zero-order chi connectivity index (χ0) is 17.0. The number of piperidine rings is 1. The number of thiophene rings is 2. The lowest BCUT2D eigenvalue weighted by Crippen LogP contribution is -2.73. The van der Waals surface area contributed by atoms with Gasteiger partial charge in [0.25, 0.3) is 0 Å². The summed E-state index contributed by atoms with van der Waals surface area (Å²) in [6, 6.07) is 5.42.